The van der Waals surface area contributed by atoms with Crippen molar-refractivity contribution in [2.75, 3.05) is 33.7 Å². The zero-order valence-electron chi connectivity index (χ0n) is 10.1. The highest BCUT2D eigenvalue weighted by atomic mass is 16.2. The normalized spacial score (nSPS) is 14.6. The van der Waals surface area contributed by atoms with Crippen LogP contribution in [0.25, 0.3) is 0 Å². The minimum atomic E-state index is 0.120. The maximum absolute atomic E-state index is 11.2. The molecule has 0 unspecified atom stereocenters. The third kappa shape index (κ3) is 5.11. The summed E-state index contributed by atoms with van der Waals surface area (Å²) in [4.78, 5) is 24.0. The Balaban J connectivity index is 1.88. The second kappa shape index (κ2) is 6.48. The molecule has 5 nitrogen and oxygen atoms in total. The Bertz CT molecular complexity index is 232. The maximum atomic E-state index is 11.2. The molecular weight excluding hydrogens is 206 g/mol. The topological polar surface area (TPSA) is 61.4 Å². The number of nitrogens with one attached hydrogen (secondary N) is 2. The van der Waals surface area contributed by atoms with Crippen molar-refractivity contribution in [1.29, 1.82) is 0 Å². The lowest BCUT2D eigenvalue weighted by Crippen LogP contribution is -2.34. The van der Waals surface area contributed by atoms with Crippen molar-refractivity contribution in [3.63, 3.8) is 0 Å². The van der Waals surface area contributed by atoms with Gasteiger partial charge in [-0.2, -0.15) is 0 Å². The molecule has 2 amide bonds. The van der Waals surface area contributed by atoms with E-state index in [1.54, 1.807) is 19.0 Å². The fraction of sp³-hybridized carbons (Fsp3) is 0.818. The number of amides is 2. The van der Waals surface area contributed by atoms with Gasteiger partial charge >= 0.3 is 0 Å². The largest absolute Gasteiger partial charge is 0.355 e. The lowest BCUT2D eigenvalue weighted by molar-refractivity contribution is -0.128. The summed E-state index contributed by atoms with van der Waals surface area (Å²) >= 11 is 0. The Morgan fingerprint density at radius 3 is 2.44 bits per heavy atom. The number of carbonyl (C=O) groups excluding carboxylic acids is 2. The molecule has 16 heavy (non-hydrogen) atoms. The highest BCUT2D eigenvalue weighted by Gasteiger charge is 2.28. The number of rotatable bonds is 7. The van der Waals surface area contributed by atoms with E-state index in [-0.39, 0.29) is 17.7 Å². The van der Waals surface area contributed by atoms with Gasteiger partial charge in [-0.05, 0) is 12.8 Å². The average molecular weight is 227 g/mol. The fourth-order valence-electron chi connectivity index (χ4n) is 1.31. The molecule has 0 heterocycles. The molecule has 0 radical (unpaired) electrons. The van der Waals surface area contributed by atoms with Gasteiger partial charge in [-0.1, -0.05) is 0 Å². The van der Waals surface area contributed by atoms with E-state index in [2.05, 4.69) is 10.6 Å². The number of hydrogen-bond donors (Lipinski definition) is 2. The molecule has 0 saturated heterocycles. The Morgan fingerprint density at radius 1 is 1.19 bits per heavy atom. The summed E-state index contributed by atoms with van der Waals surface area (Å²) in [6, 6.07) is 0. The van der Waals surface area contributed by atoms with Gasteiger partial charge < -0.3 is 15.5 Å². The molecule has 0 aromatic rings. The average Bonchev–Trinajstić information content (AvgIpc) is 3.05. The van der Waals surface area contributed by atoms with Gasteiger partial charge in [0.05, 0.1) is 0 Å². The minimum absolute atomic E-state index is 0.120. The van der Waals surface area contributed by atoms with Gasteiger partial charge in [0.25, 0.3) is 0 Å². The summed E-state index contributed by atoms with van der Waals surface area (Å²) in [6.45, 7) is 2.03. The van der Waals surface area contributed by atoms with Crippen molar-refractivity contribution < 1.29 is 9.59 Å². The van der Waals surface area contributed by atoms with Crippen molar-refractivity contribution in [2.24, 2.45) is 5.92 Å². The zero-order chi connectivity index (χ0) is 12.0. The van der Waals surface area contributed by atoms with Crippen molar-refractivity contribution in [2.45, 2.75) is 19.3 Å². The molecule has 1 aliphatic rings. The van der Waals surface area contributed by atoms with Crippen LogP contribution in [0.1, 0.15) is 19.3 Å². The smallest absolute Gasteiger partial charge is 0.223 e. The van der Waals surface area contributed by atoms with Crippen LogP contribution in [-0.4, -0.2) is 50.4 Å². The molecule has 5 heteroatoms. The van der Waals surface area contributed by atoms with Gasteiger partial charge in [0.15, 0.2) is 0 Å². The van der Waals surface area contributed by atoms with Gasteiger partial charge in [0, 0.05) is 46.1 Å². The standard InChI is InChI=1S/C11H21N3O2/c1-14(2)10(15)5-6-12-7-8-13-11(16)9-3-4-9/h9,12H,3-8H2,1-2H3,(H,13,16). The molecule has 0 aliphatic heterocycles. The molecule has 0 aromatic heterocycles. The van der Waals surface area contributed by atoms with Crippen LogP contribution >= 0.6 is 0 Å². The molecule has 1 saturated carbocycles. The van der Waals surface area contributed by atoms with Gasteiger partial charge in [-0.15, -0.1) is 0 Å². The highest BCUT2D eigenvalue weighted by Crippen LogP contribution is 2.28. The van der Waals surface area contributed by atoms with Gasteiger partial charge in [0.2, 0.25) is 11.8 Å². The first-order valence-electron chi connectivity index (χ1n) is 5.80. The van der Waals surface area contributed by atoms with Crippen molar-refractivity contribution in [3.05, 3.63) is 0 Å². The third-order valence-electron chi connectivity index (χ3n) is 2.56. The van der Waals surface area contributed by atoms with Crippen LogP contribution < -0.4 is 10.6 Å². The quantitative estimate of drug-likeness (QED) is 0.581. The van der Waals surface area contributed by atoms with E-state index in [1.165, 1.54) is 0 Å². The summed E-state index contributed by atoms with van der Waals surface area (Å²) in [5.74, 6) is 0.566. The Hall–Kier alpha value is -1.10. The van der Waals surface area contributed by atoms with Crippen LogP contribution in [0.4, 0.5) is 0 Å². The summed E-state index contributed by atoms with van der Waals surface area (Å²) in [6.07, 6.45) is 2.58. The van der Waals surface area contributed by atoms with Crippen LogP contribution in [0.15, 0.2) is 0 Å². The number of carbonyl (C=O) groups is 2. The van der Waals surface area contributed by atoms with E-state index >= 15 is 0 Å². The summed E-state index contributed by atoms with van der Waals surface area (Å²) in [7, 11) is 3.50. The van der Waals surface area contributed by atoms with E-state index in [4.69, 9.17) is 0 Å². The minimum Gasteiger partial charge on any atom is -0.355 e. The lowest BCUT2D eigenvalue weighted by atomic mass is 10.3. The van der Waals surface area contributed by atoms with Crippen molar-refractivity contribution >= 4 is 11.8 Å². The molecule has 0 spiro atoms. The van der Waals surface area contributed by atoms with E-state index in [1.807, 2.05) is 0 Å². The van der Waals surface area contributed by atoms with E-state index in [0.717, 1.165) is 19.4 Å². The van der Waals surface area contributed by atoms with Gasteiger partial charge in [-0.25, -0.2) is 0 Å². The SMILES string of the molecule is CN(C)C(=O)CCNCCNC(=O)C1CC1. The van der Waals surface area contributed by atoms with Crippen molar-refractivity contribution in [3.8, 4) is 0 Å². The summed E-state index contributed by atoms with van der Waals surface area (Å²) in [5, 5.41) is 5.98. The second-order valence-corrected chi connectivity index (χ2v) is 4.35. The van der Waals surface area contributed by atoms with E-state index in [9.17, 15) is 9.59 Å². The third-order valence-corrected chi connectivity index (χ3v) is 2.56. The first kappa shape index (κ1) is 13.0. The van der Waals surface area contributed by atoms with Gasteiger partial charge in [0.1, 0.15) is 0 Å². The number of nitrogens with zero attached hydrogens (tertiary/aromatic N) is 1. The lowest BCUT2D eigenvalue weighted by Gasteiger charge is -2.10. The monoisotopic (exact) mass is 227 g/mol. The molecule has 0 aromatic carbocycles. The van der Waals surface area contributed by atoms with Crippen LogP contribution in [0.2, 0.25) is 0 Å². The Morgan fingerprint density at radius 2 is 1.88 bits per heavy atom. The number of hydrogen-bond acceptors (Lipinski definition) is 3. The fourth-order valence-corrected chi connectivity index (χ4v) is 1.31. The van der Waals surface area contributed by atoms with E-state index in [0.29, 0.717) is 19.5 Å². The van der Waals surface area contributed by atoms with Crippen LogP contribution in [0, 0.1) is 5.92 Å². The maximum Gasteiger partial charge on any atom is 0.223 e. The predicted octanol–water partition coefficient (Wildman–Crippen LogP) is -0.419. The summed E-state index contributed by atoms with van der Waals surface area (Å²) < 4.78 is 0. The molecular formula is C11H21N3O2. The highest BCUT2D eigenvalue weighted by molar-refractivity contribution is 5.80. The second-order valence-electron chi connectivity index (χ2n) is 4.35. The van der Waals surface area contributed by atoms with Crippen molar-refractivity contribution in [1.82, 2.24) is 15.5 Å². The zero-order valence-corrected chi connectivity index (χ0v) is 10.1. The Kier molecular flexibility index (Phi) is 5.25. The molecule has 0 atom stereocenters. The molecule has 1 rings (SSSR count). The first-order chi connectivity index (χ1) is 7.61. The van der Waals surface area contributed by atoms with Crippen LogP contribution in [0.3, 0.4) is 0 Å². The molecule has 92 valence electrons. The first-order valence-corrected chi connectivity index (χ1v) is 5.80. The predicted molar refractivity (Wildman–Crippen MR) is 61.9 cm³/mol. The molecule has 2 N–H and O–H groups in total. The van der Waals surface area contributed by atoms with Crippen LogP contribution in [-0.2, 0) is 9.59 Å². The molecule has 0 bridgehead atoms. The molecule has 1 fully saturated rings. The molecule has 1 aliphatic carbocycles. The Labute approximate surface area is 96.6 Å². The summed E-state index contributed by atoms with van der Waals surface area (Å²) in [5.41, 5.74) is 0. The van der Waals surface area contributed by atoms with Crippen LogP contribution in [0.5, 0.6) is 0 Å². The van der Waals surface area contributed by atoms with Gasteiger partial charge in [-0.3, -0.25) is 9.59 Å². The van der Waals surface area contributed by atoms with E-state index < -0.39 is 0 Å².